The van der Waals surface area contributed by atoms with Crippen LogP contribution in [0.1, 0.15) is 11.1 Å². The molecule has 2 aliphatic rings. The van der Waals surface area contributed by atoms with Gasteiger partial charge in [-0.05, 0) is 24.7 Å². The Kier molecular flexibility index (Phi) is 7.16. The van der Waals surface area contributed by atoms with Crippen molar-refractivity contribution in [2.45, 2.75) is 6.92 Å². The first kappa shape index (κ1) is 21.3. The van der Waals surface area contributed by atoms with E-state index in [0.717, 1.165) is 49.1 Å². The lowest BCUT2D eigenvalue weighted by atomic mass is 10.2. The number of rotatable bonds is 8. The molecule has 4 rings (SSSR count). The van der Waals surface area contributed by atoms with Gasteiger partial charge in [-0.25, -0.2) is 0 Å². The number of hydrazone groups is 1. The van der Waals surface area contributed by atoms with E-state index in [2.05, 4.69) is 49.7 Å². The summed E-state index contributed by atoms with van der Waals surface area (Å²) >= 11 is 5.29. The molecule has 0 amide bonds. The van der Waals surface area contributed by atoms with Gasteiger partial charge >= 0.3 is 0 Å². The van der Waals surface area contributed by atoms with Crippen molar-refractivity contribution in [3.63, 3.8) is 0 Å². The van der Waals surface area contributed by atoms with E-state index in [1.54, 1.807) is 6.21 Å². The third-order valence-electron chi connectivity index (χ3n) is 5.15. The van der Waals surface area contributed by atoms with E-state index in [-0.39, 0.29) is 0 Å². The van der Waals surface area contributed by atoms with Crippen LogP contribution in [0.4, 0.5) is 11.5 Å². The number of nitrogens with one attached hydrogen (secondary N) is 2. The number of anilines is 2. The van der Waals surface area contributed by atoms with Gasteiger partial charge in [-0.3, -0.25) is 5.43 Å². The molecule has 2 saturated heterocycles. The standard InChI is InChI=1S/C22H28N6O2S/c1-17-3-2-4-18(13-17)16-24-26-20-14-19(27-7-10-29-11-8-27)15-21(25-20)30-12-9-28-6-5-23-22(28)31/h2-4,13-16H,5-12H2,1H3,(H,23,31)(H,25,26). The molecule has 3 heterocycles. The Hall–Kier alpha value is -2.91. The first-order valence-electron chi connectivity index (χ1n) is 10.5. The zero-order valence-electron chi connectivity index (χ0n) is 17.7. The smallest absolute Gasteiger partial charge is 0.217 e. The van der Waals surface area contributed by atoms with Crippen LogP contribution >= 0.6 is 12.2 Å². The molecule has 0 bridgehead atoms. The molecule has 0 saturated carbocycles. The van der Waals surface area contributed by atoms with Crippen LogP contribution in [-0.4, -0.2) is 73.8 Å². The largest absolute Gasteiger partial charge is 0.476 e. The van der Waals surface area contributed by atoms with Crippen molar-refractivity contribution in [2.75, 3.05) is 62.9 Å². The highest BCUT2D eigenvalue weighted by Gasteiger charge is 2.17. The molecule has 8 nitrogen and oxygen atoms in total. The predicted octanol–water partition coefficient (Wildman–Crippen LogP) is 2.24. The van der Waals surface area contributed by atoms with Crippen LogP contribution in [0.15, 0.2) is 41.5 Å². The lowest BCUT2D eigenvalue weighted by molar-refractivity contribution is 0.122. The molecule has 164 valence electrons. The van der Waals surface area contributed by atoms with Crippen molar-refractivity contribution >= 4 is 35.1 Å². The summed E-state index contributed by atoms with van der Waals surface area (Å²) in [7, 11) is 0. The third kappa shape index (κ3) is 6.05. The van der Waals surface area contributed by atoms with Gasteiger partial charge in [0, 0.05) is 44.0 Å². The molecule has 1 aromatic carbocycles. The molecule has 2 aromatic rings. The lowest BCUT2D eigenvalue weighted by Gasteiger charge is -2.29. The van der Waals surface area contributed by atoms with Crippen molar-refractivity contribution in [1.29, 1.82) is 0 Å². The van der Waals surface area contributed by atoms with Crippen LogP contribution in [0, 0.1) is 6.92 Å². The fraction of sp³-hybridized carbons (Fsp3) is 0.409. The highest BCUT2D eigenvalue weighted by molar-refractivity contribution is 7.80. The fourth-order valence-electron chi connectivity index (χ4n) is 3.54. The topological polar surface area (TPSA) is 74.2 Å². The summed E-state index contributed by atoms with van der Waals surface area (Å²) in [6, 6.07) is 12.1. The molecule has 31 heavy (non-hydrogen) atoms. The molecule has 9 heteroatoms. The zero-order chi connectivity index (χ0) is 21.5. The number of hydrogen-bond acceptors (Lipinski definition) is 7. The Morgan fingerprint density at radius 1 is 1.26 bits per heavy atom. The van der Waals surface area contributed by atoms with E-state index >= 15 is 0 Å². The van der Waals surface area contributed by atoms with E-state index in [0.29, 0.717) is 31.5 Å². The second-order valence-corrected chi connectivity index (χ2v) is 7.89. The Labute approximate surface area is 188 Å². The summed E-state index contributed by atoms with van der Waals surface area (Å²) in [5, 5.41) is 8.31. The second-order valence-electron chi connectivity index (χ2n) is 7.50. The summed E-state index contributed by atoms with van der Waals surface area (Å²) in [4.78, 5) is 8.96. The van der Waals surface area contributed by atoms with Crippen LogP contribution in [0.5, 0.6) is 5.88 Å². The second kappa shape index (κ2) is 10.4. The van der Waals surface area contributed by atoms with Gasteiger partial charge < -0.3 is 24.6 Å². The number of morpholine rings is 1. The van der Waals surface area contributed by atoms with Crippen molar-refractivity contribution in [2.24, 2.45) is 5.10 Å². The van der Waals surface area contributed by atoms with E-state index < -0.39 is 0 Å². The van der Waals surface area contributed by atoms with E-state index in [1.165, 1.54) is 5.56 Å². The Morgan fingerprint density at radius 3 is 2.90 bits per heavy atom. The van der Waals surface area contributed by atoms with Gasteiger partial charge in [0.1, 0.15) is 6.61 Å². The third-order valence-corrected chi connectivity index (χ3v) is 5.56. The van der Waals surface area contributed by atoms with Crippen molar-refractivity contribution < 1.29 is 9.47 Å². The van der Waals surface area contributed by atoms with E-state index in [1.807, 2.05) is 24.3 Å². The van der Waals surface area contributed by atoms with Crippen LogP contribution in [0.3, 0.4) is 0 Å². The number of benzene rings is 1. The lowest BCUT2D eigenvalue weighted by Crippen LogP contribution is -2.36. The maximum absolute atomic E-state index is 5.98. The molecular weight excluding hydrogens is 412 g/mol. The molecule has 0 spiro atoms. The minimum absolute atomic E-state index is 0.507. The van der Waals surface area contributed by atoms with Gasteiger partial charge in [0.25, 0.3) is 0 Å². The van der Waals surface area contributed by atoms with Gasteiger partial charge in [-0.1, -0.05) is 29.8 Å². The molecule has 0 radical (unpaired) electrons. The number of thiocarbonyl (C=S) groups is 1. The summed E-state index contributed by atoms with van der Waals surface area (Å²) in [5.41, 5.74) is 6.32. The van der Waals surface area contributed by atoms with Gasteiger partial charge in [0.15, 0.2) is 10.9 Å². The summed E-state index contributed by atoms with van der Waals surface area (Å²) < 4.78 is 11.5. The van der Waals surface area contributed by atoms with E-state index in [4.69, 9.17) is 21.7 Å². The quantitative estimate of drug-likeness (QED) is 0.368. The minimum atomic E-state index is 0.507. The zero-order valence-corrected chi connectivity index (χ0v) is 18.5. The van der Waals surface area contributed by atoms with Crippen LogP contribution in [0.2, 0.25) is 0 Å². The van der Waals surface area contributed by atoms with Crippen molar-refractivity contribution in [1.82, 2.24) is 15.2 Å². The number of hydrogen-bond donors (Lipinski definition) is 2. The predicted molar refractivity (Wildman–Crippen MR) is 127 cm³/mol. The summed E-state index contributed by atoms with van der Waals surface area (Å²) in [6.07, 6.45) is 1.79. The molecule has 2 fully saturated rings. The van der Waals surface area contributed by atoms with E-state index in [9.17, 15) is 0 Å². The van der Waals surface area contributed by atoms with Crippen LogP contribution in [-0.2, 0) is 4.74 Å². The number of aryl methyl sites for hydroxylation is 1. The summed E-state index contributed by atoms with van der Waals surface area (Å²) in [6.45, 7) is 8.19. The Bertz CT molecular complexity index is 932. The van der Waals surface area contributed by atoms with Crippen LogP contribution < -0.4 is 20.4 Å². The van der Waals surface area contributed by atoms with Gasteiger partial charge in [0.2, 0.25) is 5.88 Å². The number of aromatic nitrogens is 1. The molecule has 0 atom stereocenters. The van der Waals surface area contributed by atoms with Gasteiger partial charge in [0.05, 0.1) is 26.0 Å². The van der Waals surface area contributed by atoms with Crippen molar-refractivity contribution in [3.8, 4) is 5.88 Å². The molecular formula is C22H28N6O2S. The van der Waals surface area contributed by atoms with Crippen LogP contribution in [0.25, 0.3) is 0 Å². The van der Waals surface area contributed by atoms with Gasteiger partial charge in [-0.2, -0.15) is 10.1 Å². The minimum Gasteiger partial charge on any atom is -0.476 e. The number of pyridine rings is 1. The Balaban J connectivity index is 1.45. The van der Waals surface area contributed by atoms with Gasteiger partial charge in [-0.15, -0.1) is 0 Å². The fourth-order valence-corrected chi connectivity index (χ4v) is 3.82. The maximum atomic E-state index is 5.98. The number of nitrogens with zero attached hydrogens (tertiary/aromatic N) is 4. The van der Waals surface area contributed by atoms with Crippen molar-refractivity contribution in [3.05, 3.63) is 47.5 Å². The normalized spacial score (nSPS) is 16.6. The molecule has 2 aliphatic heterocycles. The highest BCUT2D eigenvalue weighted by Crippen LogP contribution is 2.25. The summed E-state index contributed by atoms with van der Waals surface area (Å²) in [5.74, 6) is 1.21. The first-order valence-corrected chi connectivity index (χ1v) is 10.9. The molecule has 0 unspecified atom stereocenters. The monoisotopic (exact) mass is 440 g/mol. The maximum Gasteiger partial charge on any atom is 0.217 e. The average molecular weight is 441 g/mol. The molecule has 2 N–H and O–H groups in total. The molecule has 1 aromatic heterocycles. The number of ether oxygens (including phenoxy) is 2. The Morgan fingerprint density at radius 2 is 2.13 bits per heavy atom. The SMILES string of the molecule is Cc1cccc(C=NNc2cc(N3CCOCC3)cc(OCCN3CCNC3=S)n2)c1. The first-order chi connectivity index (χ1) is 15.2. The highest BCUT2D eigenvalue weighted by atomic mass is 32.1. The molecule has 0 aliphatic carbocycles. The average Bonchev–Trinajstić information content (AvgIpc) is 3.19.